The standard InChI is InChI=1S/C19H20F2N2O4/c1-12(24)22-17(13-3-7-15(26-2)8-4-13)11-18(25)23-14-5-9-16(10-6-14)27-19(20)21/h3-10,17,19H,11H2,1-2H3,(H,22,24)(H,23,25). The van der Waals surface area contributed by atoms with E-state index in [1.165, 1.54) is 31.2 Å². The summed E-state index contributed by atoms with van der Waals surface area (Å²) in [5.74, 6) is 0.0532. The van der Waals surface area contributed by atoms with Crippen molar-refractivity contribution in [3.05, 3.63) is 54.1 Å². The van der Waals surface area contributed by atoms with Crippen LogP contribution in [0.5, 0.6) is 11.5 Å². The molecule has 0 aliphatic heterocycles. The maximum atomic E-state index is 12.3. The largest absolute Gasteiger partial charge is 0.497 e. The molecule has 0 bridgehead atoms. The summed E-state index contributed by atoms with van der Waals surface area (Å²) in [6.07, 6.45) is 0.00118. The third-order valence-corrected chi connectivity index (χ3v) is 3.65. The van der Waals surface area contributed by atoms with E-state index in [4.69, 9.17) is 4.74 Å². The molecule has 2 aromatic carbocycles. The lowest BCUT2D eigenvalue weighted by atomic mass is 10.0. The Morgan fingerprint density at radius 1 is 1.00 bits per heavy atom. The number of benzene rings is 2. The third kappa shape index (κ3) is 6.58. The lowest BCUT2D eigenvalue weighted by Gasteiger charge is -2.18. The number of carbonyl (C=O) groups excluding carboxylic acids is 2. The molecular formula is C19H20F2N2O4. The third-order valence-electron chi connectivity index (χ3n) is 3.65. The Balaban J connectivity index is 2.03. The van der Waals surface area contributed by atoms with Crippen LogP contribution in [0.25, 0.3) is 0 Å². The van der Waals surface area contributed by atoms with E-state index in [-0.39, 0.29) is 24.0 Å². The van der Waals surface area contributed by atoms with Crippen molar-refractivity contribution in [3.8, 4) is 11.5 Å². The molecule has 1 unspecified atom stereocenters. The van der Waals surface area contributed by atoms with Crippen LogP contribution in [0.4, 0.5) is 14.5 Å². The molecule has 0 saturated carbocycles. The predicted octanol–water partition coefficient (Wildman–Crippen LogP) is 3.50. The Labute approximate surface area is 155 Å². The molecule has 0 aliphatic carbocycles. The predicted molar refractivity (Wildman–Crippen MR) is 95.9 cm³/mol. The van der Waals surface area contributed by atoms with E-state index < -0.39 is 12.7 Å². The van der Waals surface area contributed by atoms with Gasteiger partial charge in [0.05, 0.1) is 19.6 Å². The first-order valence-corrected chi connectivity index (χ1v) is 8.13. The smallest absolute Gasteiger partial charge is 0.387 e. The zero-order valence-electron chi connectivity index (χ0n) is 14.9. The Morgan fingerprint density at radius 2 is 1.59 bits per heavy atom. The van der Waals surface area contributed by atoms with Gasteiger partial charge in [0.25, 0.3) is 0 Å². The van der Waals surface area contributed by atoms with Gasteiger partial charge in [0.2, 0.25) is 11.8 Å². The molecule has 1 atom stereocenters. The van der Waals surface area contributed by atoms with Gasteiger partial charge in [-0.25, -0.2) is 0 Å². The zero-order valence-corrected chi connectivity index (χ0v) is 14.9. The fourth-order valence-corrected chi connectivity index (χ4v) is 2.45. The molecule has 8 heteroatoms. The number of carbonyl (C=O) groups is 2. The van der Waals surface area contributed by atoms with Crippen molar-refractivity contribution >= 4 is 17.5 Å². The average Bonchev–Trinajstić information content (AvgIpc) is 2.62. The molecule has 0 heterocycles. The highest BCUT2D eigenvalue weighted by molar-refractivity contribution is 5.91. The molecule has 0 saturated heterocycles. The van der Waals surface area contributed by atoms with E-state index in [0.29, 0.717) is 11.4 Å². The molecule has 0 aliphatic rings. The Kier molecular flexibility index (Phi) is 7.10. The van der Waals surface area contributed by atoms with Crippen LogP contribution in [0, 0.1) is 0 Å². The Hall–Kier alpha value is -3.16. The molecule has 0 spiro atoms. The molecule has 2 aromatic rings. The minimum atomic E-state index is -2.91. The van der Waals surface area contributed by atoms with Crippen LogP contribution in [-0.4, -0.2) is 25.5 Å². The van der Waals surface area contributed by atoms with Gasteiger partial charge in [-0.15, -0.1) is 0 Å². The lowest BCUT2D eigenvalue weighted by molar-refractivity contribution is -0.120. The summed E-state index contributed by atoms with van der Waals surface area (Å²) in [4.78, 5) is 23.8. The molecule has 144 valence electrons. The normalized spacial score (nSPS) is 11.6. The molecule has 0 fully saturated rings. The van der Waals surface area contributed by atoms with E-state index in [1.54, 1.807) is 31.4 Å². The van der Waals surface area contributed by atoms with Gasteiger partial charge in [0.15, 0.2) is 0 Å². The minimum absolute atomic E-state index is 0.00118. The van der Waals surface area contributed by atoms with Crippen LogP contribution in [-0.2, 0) is 9.59 Å². The summed E-state index contributed by atoms with van der Waals surface area (Å²) in [5, 5.41) is 5.40. The van der Waals surface area contributed by atoms with Gasteiger partial charge in [-0.2, -0.15) is 8.78 Å². The topological polar surface area (TPSA) is 76.7 Å². The van der Waals surface area contributed by atoms with Crippen LogP contribution in [0.15, 0.2) is 48.5 Å². The van der Waals surface area contributed by atoms with Gasteiger partial charge in [-0.3, -0.25) is 9.59 Å². The van der Waals surface area contributed by atoms with Crippen molar-refractivity contribution in [1.82, 2.24) is 5.32 Å². The molecule has 6 nitrogen and oxygen atoms in total. The monoisotopic (exact) mass is 378 g/mol. The molecule has 2 amide bonds. The minimum Gasteiger partial charge on any atom is -0.497 e. The fourth-order valence-electron chi connectivity index (χ4n) is 2.45. The Morgan fingerprint density at radius 3 is 2.11 bits per heavy atom. The number of methoxy groups -OCH3 is 1. The Bertz CT molecular complexity index is 764. The summed E-state index contributed by atoms with van der Waals surface area (Å²) in [6, 6.07) is 12.1. The number of alkyl halides is 2. The van der Waals surface area contributed by atoms with E-state index in [0.717, 1.165) is 5.56 Å². The maximum Gasteiger partial charge on any atom is 0.387 e. The number of anilines is 1. The lowest BCUT2D eigenvalue weighted by Crippen LogP contribution is -2.29. The van der Waals surface area contributed by atoms with E-state index >= 15 is 0 Å². The first-order valence-electron chi connectivity index (χ1n) is 8.13. The number of hydrogen-bond donors (Lipinski definition) is 2. The highest BCUT2D eigenvalue weighted by Crippen LogP contribution is 2.22. The van der Waals surface area contributed by atoms with Gasteiger partial charge in [0, 0.05) is 12.6 Å². The fraction of sp³-hybridized carbons (Fsp3) is 0.263. The van der Waals surface area contributed by atoms with Crippen LogP contribution in [0.1, 0.15) is 24.9 Å². The van der Waals surface area contributed by atoms with Crippen LogP contribution < -0.4 is 20.1 Å². The van der Waals surface area contributed by atoms with Gasteiger partial charge in [-0.1, -0.05) is 12.1 Å². The van der Waals surface area contributed by atoms with Crippen molar-refractivity contribution in [2.75, 3.05) is 12.4 Å². The summed E-state index contributed by atoms with van der Waals surface area (Å²) in [5.41, 5.74) is 1.18. The number of hydrogen-bond acceptors (Lipinski definition) is 4. The van der Waals surface area contributed by atoms with Crippen molar-refractivity contribution in [1.29, 1.82) is 0 Å². The van der Waals surface area contributed by atoms with Crippen molar-refractivity contribution in [3.63, 3.8) is 0 Å². The van der Waals surface area contributed by atoms with E-state index in [1.807, 2.05) is 0 Å². The number of rotatable bonds is 8. The number of nitrogens with one attached hydrogen (secondary N) is 2. The summed E-state index contributed by atoms with van der Waals surface area (Å²) >= 11 is 0. The SMILES string of the molecule is COc1ccc(C(CC(=O)Nc2ccc(OC(F)F)cc2)NC(C)=O)cc1. The maximum absolute atomic E-state index is 12.3. The first kappa shape index (κ1) is 20.2. The van der Waals surface area contributed by atoms with Crippen LogP contribution >= 0.6 is 0 Å². The molecular weight excluding hydrogens is 358 g/mol. The van der Waals surface area contributed by atoms with E-state index in [9.17, 15) is 18.4 Å². The first-order chi connectivity index (χ1) is 12.9. The zero-order chi connectivity index (χ0) is 19.8. The second kappa shape index (κ2) is 9.51. The second-order valence-electron chi connectivity index (χ2n) is 5.68. The summed E-state index contributed by atoms with van der Waals surface area (Å²) in [7, 11) is 1.55. The molecule has 27 heavy (non-hydrogen) atoms. The van der Waals surface area contributed by atoms with Gasteiger partial charge in [-0.05, 0) is 42.0 Å². The molecule has 2 rings (SSSR count). The van der Waals surface area contributed by atoms with Crippen LogP contribution in [0.3, 0.4) is 0 Å². The van der Waals surface area contributed by atoms with E-state index in [2.05, 4.69) is 15.4 Å². The quantitative estimate of drug-likeness (QED) is 0.737. The van der Waals surface area contributed by atoms with Crippen molar-refractivity contribution in [2.45, 2.75) is 26.0 Å². The van der Waals surface area contributed by atoms with Gasteiger partial charge >= 0.3 is 6.61 Å². The second-order valence-corrected chi connectivity index (χ2v) is 5.68. The molecule has 0 aromatic heterocycles. The molecule has 0 radical (unpaired) electrons. The highest BCUT2D eigenvalue weighted by atomic mass is 19.3. The van der Waals surface area contributed by atoms with Crippen LogP contribution in [0.2, 0.25) is 0 Å². The highest BCUT2D eigenvalue weighted by Gasteiger charge is 2.17. The van der Waals surface area contributed by atoms with Crippen molar-refractivity contribution in [2.24, 2.45) is 0 Å². The van der Waals surface area contributed by atoms with Gasteiger partial charge < -0.3 is 20.1 Å². The summed E-state index contributed by atoms with van der Waals surface area (Å²) < 4.78 is 33.7. The molecule has 2 N–H and O–H groups in total. The van der Waals surface area contributed by atoms with Crippen molar-refractivity contribution < 1.29 is 27.8 Å². The number of halogens is 2. The number of amides is 2. The summed E-state index contributed by atoms with van der Waals surface area (Å²) in [6.45, 7) is -1.54. The average molecular weight is 378 g/mol. The number of ether oxygens (including phenoxy) is 2. The van der Waals surface area contributed by atoms with Gasteiger partial charge in [0.1, 0.15) is 11.5 Å².